The van der Waals surface area contributed by atoms with Crippen LogP contribution in [0.5, 0.6) is 0 Å². The Morgan fingerprint density at radius 2 is 2.30 bits per heavy atom. The van der Waals surface area contributed by atoms with Crippen LogP contribution in [0.2, 0.25) is 0 Å². The summed E-state index contributed by atoms with van der Waals surface area (Å²) in [4.78, 5) is 12.7. The molecule has 1 aromatic carbocycles. The van der Waals surface area contributed by atoms with Gasteiger partial charge in [0, 0.05) is 30.8 Å². The van der Waals surface area contributed by atoms with E-state index in [2.05, 4.69) is 10.2 Å². The molecule has 0 spiro atoms. The maximum atomic E-state index is 13.3. The number of nitrogens with one attached hydrogen (secondary N) is 1. The Bertz CT molecular complexity index is 473. The highest BCUT2D eigenvalue weighted by Gasteiger charge is 2.26. The predicted octanol–water partition coefficient (Wildman–Crippen LogP) is 2.34. The van der Waals surface area contributed by atoms with Gasteiger partial charge in [0.25, 0.3) is 5.69 Å². The first-order valence-corrected chi connectivity index (χ1v) is 6.43. The first-order chi connectivity index (χ1) is 9.11. The Kier molecular flexibility index (Phi) is 6.32. The topological polar surface area (TPSA) is 58.4 Å². The number of benzene rings is 1. The van der Waals surface area contributed by atoms with Crippen LogP contribution in [0.25, 0.3) is 0 Å². The van der Waals surface area contributed by atoms with Crippen LogP contribution in [0.4, 0.5) is 10.1 Å². The summed E-state index contributed by atoms with van der Waals surface area (Å²) in [6.45, 7) is 2.18. The van der Waals surface area contributed by atoms with E-state index in [1.807, 2.05) is 7.05 Å². The first kappa shape index (κ1) is 16.8. The van der Waals surface area contributed by atoms with E-state index >= 15 is 0 Å². The summed E-state index contributed by atoms with van der Waals surface area (Å²) in [7, 11) is 1.89. The van der Waals surface area contributed by atoms with Crippen molar-refractivity contribution in [2.45, 2.75) is 25.4 Å². The molecule has 1 aliphatic heterocycles. The molecule has 1 saturated heterocycles. The lowest BCUT2D eigenvalue weighted by molar-refractivity contribution is -0.385. The third kappa shape index (κ3) is 3.88. The molecular formula is C13H19ClFN3O2. The minimum absolute atomic E-state index is 0. The number of nitro benzene ring substituents is 1. The fourth-order valence-corrected chi connectivity index (χ4v) is 2.65. The molecule has 1 aliphatic rings. The van der Waals surface area contributed by atoms with Crippen LogP contribution >= 0.6 is 12.4 Å². The Hall–Kier alpha value is -1.24. The Morgan fingerprint density at radius 1 is 1.55 bits per heavy atom. The van der Waals surface area contributed by atoms with Gasteiger partial charge in [0.1, 0.15) is 5.82 Å². The Morgan fingerprint density at radius 3 is 2.95 bits per heavy atom. The smallest absolute Gasteiger partial charge is 0.274 e. The first-order valence-electron chi connectivity index (χ1n) is 6.43. The zero-order valence-corrected chi connectivity index (χ0v) is 12.2. The predicted molar refractivity (Wildman–Crippen MR) is 77.7 cm³/mol. The largest absolute Gasteiger partial charge is 0.318 e. The SMILES string of the molecule is CNCC1CCCN1Cc1cc(F)ccc1[N+](=O)[O-].Cl. The molecule has 0 saturated carbocycles. The summed E-state index contributed by atoms with van der Waals surface area (Å²) < 4.78 is 13.3. The van der Waals surface area contributed by atoms with Crippen molar-refractivity contribution in [2.24, 2.45) is 0 Å². The van der Waals surface area contributed by atoms with Crippen LogP contribution in [0.15, 0.2) is 18.2 Å². The molecule has 0 bridgehead atoms. The minimum atomic E-state index is -0.447. The van der Waals surface area contributed by atoms with Crippen molar-refractivity contribution in [2.75, 3.05) is 20.1 Å². The van der Waals surface area contributed by atoms with Gasteiger partial charge in [-0.1, -0.05) is 0 Å². The highest BCUT2D eigenvalue weighted by molar-refractivity contribution is 5.85. The molecule has 0 aliphatic carbocycles. The summed E-state index contributed by atoms with van der Waals surface area (Å²) in [5.74, 6) is -0.426. The van der Waals surface area contributed by atoms with E-state index in [1.165, 1.54) is 12.1 Å². The van der Waals surface area contributed by atoms with Gasteiger partial charge in [0.15, 0.2) is 0 Å². The van der Waals surface area contributed by atoms with Crippen molar-refractivity contribution >= 4 is 18.1 Å². The zero-order chi connectivity index (χ0) is 13.8. The normalized spacial score (nSPS) is 18.8. The fraction of sp³-hybridized carbons (Fsp3) is 0.538. The number of hydrogen-bond acceptors (Lipinski definition) is 4. The van der Waals surface area contributed by atoms with Crippen LogP contribution < -0.4 is 5.32 Å². The van der Waals surface area contributed by atoms with Gasteiger partial charge in [-0.2, -0.15) is 0 Å². The third-order valence-electron chi connectivity index (χ3n) is 3.55. The lowest BCUT2D eigenvalue weighted by Crippen LogP contribution is -2.36. The van der Waals surface area contributed by atoms with E-state index in [0.717, 1.165) is 32.0 Å². The quantitative estimate of drug-likeness (QED) is 0.670. The van der Waals surface area contributed by atoms with Gasteiger partial charge in [-0.05, 0) is 38.6 Å². The second-order valence-electron chi connectivity index (χ2n) is 4.85. The lowest BCUT2D eigenvalue weighted by Gasteiger charge is -2.24. The van der Waals surface area contributed by atoms with Gasteiger partial charge >= 0.3 is 0 Å². The van der Waals surface area contributed by atoms with Gasteiger partial charge < -0.3 is 5.32 Å². The Labute approximate surface area is 123 Å². The second kappa shape index (κ2) is 7.52. The van der Waals surface area contributed by atoms with Gasteiger partial charge in [-0.3, -0.25) is 15.0 Å². The molecule has 20 heavy (non-hydrogen) atoms. The van der Waals surface area contributed by atoms with Crippen LogP contribution in [-0.4, -0.2) is 36.0 Å². The summed E-state index contributed by atoms with van der Waals surface area (Å²) in [5, 5.41) is 14.1. The molecule has 0 amide bonds. The number of likely N-dealkylation sites (tertiary alicyclic amines) is 1. The van der Waals surface area contributed by atoms with Crippen LogP contribution in [0, 0.1) is 15.9 Å². The van der Waals surface area contributed by atoms with Crippen molar-refractivity contribution in [3.05, 3.63) is 39.7 Å². The molecule has 1 atom stereocenters. The summed E-state index contributed by atoms with van der Waals surface area (Å²) in [5.41, 5.74) is 0.449. The molecule has 0 aromatic heterocycles. The lowest BCUT2D eigenvalue weighted by atomic mass is 10.1. The molecule has 1 N–H and O–H groups in total. The summed E-state index contributed by atoms with van der Waals surface area (Å²) in [6, 6.07) is 4.02. The van der Waals surface area contributed by atoms with E-state index in [9.17, 15) is 14.5 Å². The molecule has 1 unspecified atom stereocenters. The molecular weight excluding hydrogens is 285 g/mol. The third-order valence-corrected chi connectivity index (χ3v) is 3.55. The Balaban J connectivity index is 0.00000200. The molecule has 1 heterocycles. The molecule has 5 nitrogen and oxygen atoms in total. The average molecular weight is 304 g/mol. The number of likely N-dealkylation sites (N-methyl/N-ethyl adjacent to an activating group) is 1. The monoisotopic (exact) mass is 303 g/mol. The van der Waals surface area contributed by atoms with Crippen molar-refractivity contribution in [1.82, 2.24) is 10.2 Å². The van der Waals surface area contributed by atoms with E-state index < -0.39 is 10.7 Å². The maximum absolute atomic E-state index is 13.3. The second-order valence-corrected chi connectivity index (χ2v) is 4.85. The fourth-order valence-electron chi connectivity index (χ4n) is 2.65. The summed E-state index contributed by atoms with van der Waals surface area (Å²) >= 11 is 0. The van der Waals surface area contributed by atoms with E-state index in [0.29, 0.717) is 18.2 Å². The molecule has 1 aromatic rings. The van der Waals surface area contributed by atoms with Crippen molar-refractivity contribution < 1.29 is 9.31 Å². The van der Waals surface area contributed by atoms with Gasteiger partial charge in [0.2, 0.25) is 0 Å². The van der Waals surface area contributed by atoms with Crippen molar-refractivity contribution in [1.29, 1.82) is 0 Å². The standard InChI is InChI=1S/C13H18FN3O2.ClH/c1-15-8-12-3-2-6-16(12)9-10-7-11(14)4-5-13(10)17(18)19;/h4-5,7,12,15H,2-3,6,8-9H2,1H3;1H. The molecule has 7 heteroatoms. The zero-order valence-electron chi connectivity index (χ0n) is 11.3. The number of rotatable bonds is 5. The molecule has 2 rings (SSSR count). The molecule has 1 fully saturated rings. The molecule has 0 radical (unpaired) electrons. The highest BCUT2D eigenvalue weighted by Crippen LogP contribution is 2.25. The number of nitro groups is 1. The van der Waals surface area contributed by atoms with Crippen LogP contribution in [-0.2, 0) is 6.54 Å². The molecule has 112 valence electrons. The number of hydrogen-bond donors (Lipinski definition) is 1. The van der Waals surface area contributed by atoms with E-state index in [1.54, 1.807) is 0 Å². The van der Waals surface area contributed by atoms with Gasteiger partial charge in [0.05, 0.1) is 4.92 Å². The van der Waals surface area contributed by atoms with Gasteiger partial charge in [-0.15, -0.1) is 12.4 Å². The van der Waals surface area contributed by atoms with Crippen LogP contribution in [0.3, 0.4) is 0 Å². The maximum Gasteiger partial charge on any atom is 0.274 e. The van der Waals surface area contributed by atoms with Crippen LogP contribution in [0.1, 0.15) is 18.4 Å². The van der Waals surface area contributed by atoms with Crippen molar-refractivity contribution in [3.8, 4) is 0 Å². The summed E-state index contributed by atoms with van der Waals surface area (Å²) in [6.07, 6.45) is 2.15. The number of halogens is 2. The van der Waals surface area contributed by atoms with E-state index in [4.69, 9.17) is 0 Å². The van der Waals surface area contributed by atoms with Gasteiger partial charge in [-0.25, -0.2) is 4.39 Å². The van der Waals surface area contributed by atoms with Crippen molar-refractivity contribution in [3.63, 3.8) is 0 Å². The van der Waals surface area contributed by atoms with E-state index in [-0.39, 0.29) is 18.1 Å². The number of nitrogens with zero attached hydrogens (tertiary/aromatic N) is 2. The minimum Gasteiger partial charge on any atom is -0.318 e. The average Bonchev–Trinajstić information content (AvgIpc) is 2.77. The highest BCUT2D eigenvalue weighted by atomic mass is 35.5.